The Morgan fingerprint density at radius 1 is 1.20 bits per heavy atom. The van der Waals surface area contributed by atoms with Crippen molar-refractivity contribution in [1.29, 1.82) is 5.26 Å². The van der Waals surface area contributed by atoms with Crippen LogP contribution in [0.15, 0.2) is 18.2 Å². The summed E-state index contributed by atoms with van der Waals surface area (Å²) in [6.07, 6.45) is 4.09. The van der Waals surface area contributed by atoms with E-state index in [9.17, 15) is 14.9 Å². The van der Waals surface area contributed by atoms with Gasteiger partial charge in [0.2, 0.25) is 0 Å². The first-order valence-electron chi connectivity index (χ1n) is 8.15. The molecule has 1 aromatic carbocycles. The largest absolute Gasteiger partial charge is 0.497 e. The van der Waals surface area contributed by atoms with E-state index in [0.29, 0.717) is 24.3 Å². The van der Waals surface area contributed by atoms with Gasteiger partial charge in [-0.15, -0.1) is 0 Å². The van der Waals surface area contributed by atoms with Gasteiger partial charge in [-0.05, 0) is 31.0 Å². The highest BCUT2D eigenvalue weighted by Gasteiger charge is 2.33. The van der Waals surface area contributed by atoms with Crippen molar-refractivity contribution in [2.24, 2.45) is 0 Å². The van der Waals surface area contributed by atoms with Crippen LogP contribution < -0.4 is 14.8 Å². The lowest BCUT2D eigenvalue weighted by molar-refractivity contribution is -0.125. The molecule has 2 rings (SSSR count). The lowest BCUT2D eigenvalue weighted by Crippen LogP contribution is -2.50. The van der Waals surface area contributed by atoms with Gasteiger partial charge in [-0.25, -0.2) is 4.79 Å². The van der Waals surface area contributed by atoms with Gasteiger partial charge in [0.15, 0.2) is 6.61 Å². The van der Waals surface area contributed by atoms with E-state index in [4.69, 9.17) is 14.2 Å². The van der Waals surface area contributed by atoms with Gasteiger partial charge < -0.3 is 19.5 Å². The molecule has 0 bridgehead atoms. The van der Waals surface area contributed by atoms with Crippen LogP contribution >= 0.6 is 0 Å². The van der Waals surface area contributed by atoms with Crippen molar-refractivity contribution in [3.8, 4) is 17.6 Å². The van der Waals surface area contributed by atoms with Gasteiger partial charge in [0.05, 0.1) is 20.3 Å². The molecular formula is C18H22N2O5. The number of nitriles is 1. The molecule has 0 aromatic heterocycles. The summed E-state index contributed by atoms with van der Waals surface area (Å²) in [5, 5.41) is 12.1. The molecular weight excluding hydrogens is 324 g/mol. The Hall–Kier alpha value is -2.75. The number of methoxy groups -OCH3 is 2. The van der Waals surface area contributed by atoms with Crippen LogP contribution in [0.4, 0.5) is 0 Å². The minimum Gasteiger partial charge on any atom is -0.497 e. The number of nitrogens with one attached hydrogen (secondary N) is 1. The third kappa shape index (κ3) is 4.63. The summed E-state index contributed by atoms with van der Waals surface area (Å²) in [5.74, 6) is -0.381. The highest BCUT2D eigenvalue weighted by atomic mass is 16.5. The van der Waals surface area contributed by atoms with Gasteiger partial charge in [0, 0.05) is 0 Å². The first-order chi connectivity index (χ1) is 12.0. The van der Waals surface area contributed by atoms with Gasteiger partial charge in [-0.1, -0.05) is 19.3 Å². The number of nitrogens with zero attached hydrogens (tertiary/aromatic N) is 1. The zero-order valence-corrected chi connectivity index (χ0v) is 14.5. The average Bonchev–Trinajstić information content (AvgIpc) is 2.66. The summed E-state index contributed by atoms with van der Waals surface area (Å²) >= 11 is 0. The average molecular weight is 346 g/mol. The Morgan fingerprint density at radius 3 is 2.52 bits per heavy atom. The first kappa shape index (κ1) is 18.6. The van der Waals surface area contributed by atoms with Gasteiger partial charge in [0.1, 0.15) is 22.6 Å². The van der Waals surface area contributed by atoms with E-state index in [1.165, 1.54) is 20.3 Å². The summed E-state index contributed by atoms with van der Waals surface area (Å²) in [5.41, 5.74) is -0.683. The number of benzene rings is 1. The van der Waals surface area contributed by atoms with Crippen molar-refractivity contribution in [2.75, 3.05) is 20.8 Å². The Kier molecular flexibility index (Phi) is 6.23. The maximum atomic E-state index is 12.2. The van der Waals surface area contributed by atoms with Crippen LogP contribution in [0.3, 0.4) is 0 Å². The molecule has 0 unspecified atom stereocenters. The SMILES string of the molecule is COc1ccc(OC)c(C(=O)OCC(=O)NC2(C#N)CCCCC2)c1. The van der Waals surface area contributed by atoms with Crippen molar-refractivity contribution in [1.82, 2.24) is 5.32 Å². The number of amides is 1. The van der Waals surface area contributed by atoms with Crippen LogP contribution in [0.5, 0.6) is 11.5 Å². The Morgan fingerprint density at radius 2 is 1.92 bits per heavy atom. The molecule has 1 aromatic rings. The van der Waals surface area contributed by atoms with E-state index in [1.807, 2.05) is 0 Å². The second-order valence-electron chi connectivity index (χ2n) is 5.95. The van der Waals surface area contributed by atoms with Gasteiger partial charge >= 0.3 is 5.97 Å². The number of carbonyl (C=O) groups excluding carboxylic acids is 2. The lowest BCUT2D eigenvalue weighted by Gasteiger charge is -2.31. The molecule has 0 aliphatic heterocycles. The molecule has 1 amide bonds. The van der Waals surface area contributed by atoms with E-state index < -0.39 is 24.0 Å². The molecule has 0 heterocycles. The van der Waals surface area contributed by atoms with Crippen molar-refractivity contribution in [3.05, 3.63) is 23.8 Å². The normalized spacial score (nSPS) is 15.6. The van der Waals surface area contributed by atoms with Crippen LogP contribution in [0.2, 0.25) is 0 Å². The number of ether oxygens (including phenoxy) is 3. The monoisotopic (exact) mass is 346 g/mol. The molecule has 0 saturated heterocycles. The summed E-state index contributed by atoms with van der Waals surface area (Å²) in [4.78, 5) is 24.3. The highest BCUT2D eigenvalue weighted by molar-refractivity contribution is 5.94. The fraction of sp³-hybridized carbons (Fsp3) is 0.500. The third-order valence-electron chi connectivity index (χ3n) is 4.26. The van der Waals surface area contributed by atoms with Crippen molar-refractivity contribution < 1.29 is 23.8 Å². The number of rotatable bonds is 6. The Labute approximate surface area is 146 Å². The second-order valence-corrected chi connectivity index (χ2v) is 5.95. The zero-order chi connectivity index (χ0) is 18.3. The smallest absolute Gasteiger partial charge is 0.342 e. The van der Waals surface area contributed by atoms with Crippen LogP contribution in [0.25, 0.3) is 0 Å². The molecule has 0 spiro atoms. The minimum absolute atomic E-state index is 0.169. The molecule has 1 aliphatic carbocycles. The van der Waals surface area contributed by atoms with Crippen molar-refractivity contribution in [3.63, 3.8) is 0 Å². The minimum atomic E-state index is -0.852. The van der Waals surface area contributed by atoms with E-state index in [1.54, 1.807) is 12.1 Å². The molecule has 134 valence electrons. The third-order valence-corrected chi connectivity index (χ3v) is 4.26. The number of hydrogen-bond acceptors (Lipinski definition) is 6. The van der Waals surface area contributed by atoms with E-state index >= 15 is 0 Å². The van der Waals surface area contributed by atoms with Crippen molar-refractivity contribution >= 4 is 11.9 Å². The molecule has 0 radical (unpaired) electrons. The fourth-order valence-corrected chi connectivity index (χ4v) is 2.91. The summed E-state index contributed by atoms with van der Waals surface area (Å²) in [6, 6.07) is 6.92. The molecule has 7 heteroatoms. The standard InChI is InChI=1S/C18H22N2O5/c1-23-13-6-7-15(24-2)14(10-13)17(22)25-11-16(21)20-18(12-19)8-4-3-5-9-18/h6-7,10H,3-5,8-9,11H2,1-2H3,(H,20,21). The number of carbonyl (C=O) groups is 2. The predicted molar refractivity (Wildman–Crippen MR) is 89.4 cm³/mol. The van der Waals surface area contributed by atoms with E-state index in [2.05, 4.69) is 11.4 Å². The predicted octanol–water partition coefficient (Wildman–Crippen LogP) is 2.20. The summed E-state index contributed by atoms with van der Waals surface area (Å²) in [7, 11) is 2.92. The summed E-state index contributed by atoms with van der Waals surface area (Å²) in [6.45, 7) is -0.456. The first-order valence-corrected chi connectivity index (χ1v) is 8.15. The van der Waals surface area contributed by atoms with E-state index in [0.717, 1.165) is 19.3 Å². The molecule has 0 atom stereocenters. The second kappa shape index (κ2) is 8.38. The topological polar surface area (TPSA) is 97.7 Å². The quantitative estimate of drug-likeness (QED) is 0.793. The van der Waals surface area contributed by atoms with E-state index in [-0.39, 0.29) is 5.56 Å². The molecule has 1 fully saturated rings. The fourth-order valence-electron chi connectivity index (χ4n) is 2.91. The molecule has 1 N–H and O–H groups in total. The Bertz CT molecular complexity index is 675. The molecule has 1 aliphatic rings. The highest BCUT2D eigenvalue weighted by Crippen LogP contribution is 2.27. The lowest BCUT2D eigenvalue weighted by atomic mass is 9.83. The molecule has 7 nitrogen and oxygen atoms in total. The number of hydrogen-bond donors (Lipinski definition) is 1. The molecule has 1 saturated carbocycles. The van der Waals surface area contributed by atoms with Gasteiger partial charge in [0.25, 0.3) is 5.91 Å². The van der Waals surface area contributed by atoms with Crippen LogP contribution in [-0.2, 0) is 9.53 Å². The van der Waals surface area contributed by atoms with Gasteiger partial charge in [-0.2, -0.15) is 5.26 Å². The Balaban J connectivity index is 1.97. The van der Waals surface area contributed by atoms with Crippen LogP contribution in [0, 0.1) is 11.3 Å². The zero-order valence-electron chi connectivity index (χ0n) is 14.5. The van der Waals surface area contributed by atoms with Crippen molar-refractivity contribution in [2.45, 2.75) is 37.6 Å². The maximum Gasteiger partial charge on any atom is 0.342 e. The van der Waals surface area contributed by atoms with Crippen LogP contribution in [0.1, 0.15) is 42.5 Å². The number of esters is 1. The summed E-state index contributed by atoms with van der Waals surface area (Å²) < 4.78 is 15.3. The maximum absolute atomic E-state index is 12.2. The molecule has 25 heavy (non-hydrogen) atoms. The van der Waals surface area contributed by atoms with Gasteiger partial charge in [-0.3, -0.25) is 4.79 Å². The van der Waals surface area contributed by atoms with Crippen LogP contribution in [-0.4, -0.2) is 38.2 Å².